The minimum absolute atomic E-state index is 0.0587. The van der Waals surface area contributed by atoms with Crippen LogP contribution in [0.4, 0.5) is 4.39 Å². The van der Waals surface area contributed by atoms with Crippen LogP contribution in [0.25, 0.3) is 0 Å². The molecular formula is C22H22FN3O3. The summed E-state index contributed by atoms with van der Waals surface area (Å²) in [6, 6.07) is 4.53. The summed E-state index contributed by atoms with van der Waals surface area (Å²) in [6.45, 7) is 1.09. The summed E-state index contributed by atoms with van der Waals surface area (Å²) < 4.78 is 19.8. The van der Waals surface area contributed by atoms with Gasteiger partial charge in [-0.3, -0.25) is 9.59 Å². The maximum atomic E-state index is 14.4. The molecule has 1 aromatic rings. The first kappa shape index (κ1) is 19.4. The number of carbonyl (C=O) groups excluding carboxylic acids is 2. The molecule has 1 aliphatic carbocycles. The summed E-state index contributed by atoms with van der Waals surface area (Å²) in [6.07, 6.45) is 9.31. The van der Waals surface area contributed by atoms with E-state index in [9.17, 15) is 14.0 Å². The van der Waals surface area contributed by atoms with Crippen molar-refractivity contribution in [1.29, 1.82) is 0 Å². The molecule has 2 heterocycles. The van der Waals surface area contributed by atoms with Gasteiger partial charge in [-0.1, -0.05) is 30.4 Å². The average molecular weight is 395 g/mol. The van der Waals surface area contributed by atoms with Crippen LogP contribution in [-0.4, -0.2) is 43.0 Å². The van der Waals surface area contributed by atoms with E-state index < -0.39 is 11.7 Å². The topological polar surface area (TPSA) is 71.3 Å². The Labute approximate surface area is 168 Å². The molecular weight excluding hydrogens is 373 g/mol. The second-order valence-corrected chi connectivity index (χ2v) is 7.38. The Balaban J connectivity index is 1.55. The third kappa shape index (κ3) is 3.96. The number of ether oxygens (including phenoxy) is 1. The van der Waals surface area contributed by atoms with Gasteiger partial charge < -0.3 is 9.64 Å². The van der Waals surface area contributed by atoms with Gasteiger partial charge in [0.2, 0.25) is 0 Å². The van der Waals surface area contributed by atoms with Crippen molar-refractivity contribution in [2.24, 2.45) is 16.1 Å². The van der Waals surface area contributed by atoms with E-state index in [1.54, 1.807) is 30.2 Å². The predicted molar refractivity (Wildman–Crippen MR) is 105 cm³/mol. The number of methoxy groups -OCH3 is 1. The van der Waals surface area contributed by atoms with Crippen LogP contribution in [0.15, 0.2) is 64.0 Å². The lowest BCUT2D eigenvalue weighted by atomic mass is 9.89. The molecule has 29 heavy (non-hydrogen) atoms. The number of allylic oxidation sites excluding steroid dienone is 4. The number of rotatable bonds is 4. The molecule has 0 radical (unpaired) electrons. The van der Waals surface area contributed by atoms with Crippen LogP contribution in [0.5, 0.6) is 0 Å². The largest absolute Gasteiger partial charge is 0.381 e. The van der Waals surface area contributed by atoms with Crippen molar-refractivity contribution in [2.75, 3.05) is 20.2 Å². The smallest absolute Gasteiger partial charge is 0.275 e. The normalized spacial score (nSPS) is 21.7. The first-order chi connectivity index (χ1) is 14.1. The van der Waals surface area contributed by atoms with Crippen molar-refractivity contribution in [2.45, 2.75) is 25.4 Å². The number of piperidine rings is 1. The Kier molecular flexibility index (Phi) is 5.49. The lowest BCUT2D eigenvalue weighted by Crippen LogP contribution is -2.41. The molecule has 1 fully saturated rings. The number of fused-ring (bicyclic) bond motifs is 1. The quantitative estimate of drug-likeness (QED) is 0.782. The van der Waals surface area contributed by atoms with Crippen molar-refractivity contribution < 1.29 is 18.7 Å². The summed E-state index contributed by atoms with van der Waals surface area (Å²) in [4.78, 5) is 26.5. The molecule has 0 saturated carbocycles. The summed E-state index contributed by atoms with van der Waals surface area (Å²) in [5.41, 5.74) is 2.26. The van der Waals surface area contributed by atoms with Gasteiger partial charge in [0.15, 0.2) is 0 Å². The molecule has 1 unspecified atom stereocenters. The van der Waals surface area contributed by atoms with Crippen LogP contribution in [0.2, 0.25) is 0 Å². The highest BCUT2D eigenvalue weighted by Gasteiger charge is 2.28. The van der Waals surface area contributed by atoms with Gasteiger partial charge in [0.1, 0.15) is 5.82 Å². The zero-order chi connectivity index (χ0) is 20.4. The molecule has 0 aromatic heterocycles. The zero-order valence-electron chi connectivity index (χ0n) is 16.2. The molecule has 4 rings (SSSR count). The number of azo groups is 1. The number of carbonyl (C=O) groups is 2. The van der Waals surface area contributed by atoms with Crippen LogP contribution in [0.1, 0.15) is 28.8 Å². The molecule has 2 amide bonds. The maximum absolute atomic E-state index is 14.4. The highest BCUT2D eigenvalue weighted by atomic mass is 19.1. The Bertz CT molecular complexity index is 956. The first-order valence-corrected chi connectivity index (χ1v) is 9.71. The van der Waals surface area contributed by atoms with E-state index in [1.165, 1.54) is 6.07 Å². The van der Waals surface area contributed by atoms with E-state index >= 15 is 0 Å². The van der Waals surface area contributed by atoms with E-state index in [2.05, 4.69) is 10.2 Å². The fourth-order valence-corrected chi connectivity index (χ4v) is 3.90. The Morgan fingerprint density at radius 1 is 1.24 bits per heavy atom. The lowest BCUT2D eigenvalue weighted by molar-refractivity contribution is -0.120. The molecule has 0 bridgehead atoms. The summed E-state index contributed by atoms with van der Waals surface area (Å²) >= 11 is 0. The number of hydrogen-bond acceptors (Lipinski definition) is 4. The standard InChI is InChI=1S/C22H22FN3O3/c1-29-15-8-10-26(11-9-15)22(28)18-12-14(6-7-19(18)23)13-20-16-4-2-3-5-17(16)21(27)25-24-20/h2-7,12,15,17H,8-11,13H2,1H3. The third-order valence-electron chi connectivity index (χ3n) is 5.59. The highest BCUT2D eigenvalue weighted by Crippen LogP contribution is 2.30. The van der Waals surface area contributed by atoms with Crippen LogP contribution in [0, 0.1) is 11.7 Å². The summed E-state index contributed by atoms with van der Waals surface area (Å²) in [7, 11) is 1.67. The number of nitrogens with zero attached hydrogens (tertiary/aromatic N) is 3. The highest BCUT2D eigenvalue weighted by molar-refractivity contribution is 5.94. The van der Waals surface area contributed by atoms with Crippen molar-refractivity contribution in [3.8, 4) is 0 Å². The Morgan fingerprint density at radius 2 is 2.03 bits per heavy atom. The number of halogens is 1. The van der Waals surface area contributed by atoms with Gasteiger partial charge in [0.25, 0.3) is 11.8 Å². The molecule has 3 aliphatic rings. The zero-order valence-corrected chi connectivity index (χ0v) is 16.2. The van der Waals surface area contributed by atoms with E-state index in [0.29, 0.717) is 25.2 Å². The fraction of sp³-hybridized carbons (Fsp3) is 0.364. The Hall–Kier alpha value is -2.93. The fourth-order valence-electron chi connectivity index (χ4n) is 3.90. The second kappa shape index (κ2) is 8.21. The molecule has 1 saturated heterocycles. The van der Waals surface area contributed by atoms with Gasteiger partial charge in [-0.15, -0.1) is 5.11 Å². The Morgan fingerprint density at radius 3 is 2.79 bits per heavy atom. The van der Waals surface area contributed by atoms with Gasteiger partial charge in [-0.25, -0.2) is 4.39 Å². The molecule has 0 N–H and O–H groups in total. The minimum atomic E-state index is -0.538. The van der Waals surface area contributed by atoms with E-state index in [-0.39, 0.29) is 23.5 Å². The molecule has 0 spiro atoms. The first-order valence-electron chi connectivity index (χ1n) is 9.71. The second-order valence-electron chi connectivity index (χ2n) is 7.38. The predicted octanol–water partition coefficient (Wildman–Crippen LogP) is 3.61. The van der Waals surface area contributed by atoms with Crippen molar-refractivity contribution >= 4 is 11.8 Å². The van der Waals surface area contributed by atoms with E-state index in [4.69, 9.17) is 4.74 Å². The summed E-state index contributed by atoms with van der Waals surface area (Å²) in [5.74, 6) is -1.56. The lowest BCUT2D eigenvalue weighted by Gasteiger charge is -2.31. The van der Waals surface area contributed by atoms with Gasteiger partial charge >= 0.3 is 0 Å². The molecule has 6 nitrogen and oxygen atoms in total. The minimum Gasteiger partial charge on any atom is -0.381 e. The van der Waals surface area contributed by atoms with Crippen LogP contribution in [0.3, 0.4) is 0 Å². The van der Waals surface area contributed by atoms with E-state index in [1.807, 2.05) is 18.2 Å². The average Bonchev–Trinajstić information content (AvgIpc) is 2.77. The van der Waals surface area contributed by atoms with E-state index in [0.717, 1.165) is 24.0 Å². The number of benzene rings is 1. The number of amides is 2. The molecule has 7 heteroatoms. The molecule has 1 aromatic carbocycles. The number of hydrogen-bond donors (Lipinski definition) is 0. The van der Waals surface area contributed by atoms with Gasteiger partial charge in [0.05, 0.1) is 23.3 Å². The van der Waals surface area contributed by atoms with Crippen LogP contribution in [-0.2, 0) is 16.0 Å². The van der Waals surface area contributed by atoms with Crippen molar-refractivity contribution in [3.63, 3.8) is 0 Å². The summed E-state index contributed by atoms with van der Waals surface area (Å²) in [5, 5.41) is 7.80. The van der Waals surface area contributed by atoms with Crippen molar-refractivity contribution in [1.82, 2.24) is 4.90 Å². The van der Waals surface area contributed by atoms with Gasteiger partial charge in [-0.2, -0.15) is 5.11 Å². The van der Waals surface area contributed by atoms with Gasteiger partial charge in [-0.05, 0) is 36.1 Å². The van der Waals surface area contributed by atoms with Gasteiger partial charge in [0, 0.05) is 26.6 Å². The number of likely N-dealkylation sites (tertiary alicyclic amines) is 1. The molecule has 2 aliphatic heterocycles. The molecule has 1 atom stereocenters. The van der Waals surface area contributed by atoms with Crippen LogP contribution >= 0.6 is 0 Å². The van der Waals surface area contributed by atoms with Crippen molar-refractivity contribution in [3.05, 3.63) is 70.7 Å². The molecule has 150 valence electrons. The third-order valence-corrected chi connectivity index (χ3v) is 5.59. The van der Waals surface area contributed by atoms with Crippen LogP contribution < -0.4 is 0 Å². The SMILES string of the molecule is COC1CCN(C(=O)c2cc(CC3=C4C=CC=CC4C(=O)N=N3)ccc2F)CC1. The maximum Gasteiger partial charge on any atom is 0.275 e. The monoisotopic (exact) mass is 395 g/mol.